The Labute approximate surface area is 154 Å². The van der Waals surface area contributed by atoms with Crippen LogP contribution in [0.2, 0.25) is 5.02 Å². The molecule has 1 aliphatic carbocycles. The van der Waals surface area contributed by atoms with Crippen molar-refractivity contribution in [2.75, 3.05) is 5.32 Å². The summed E-state index contributed by atoms with van der Waals surface area (Å²) in [5, 5.41) is 5.74. The zero-order valence-electron chi connectivity index (χ0n) is 12.9. The maximum absolute atomic E-state index is 13.1. The quantitative estimate of drug-likeness (QED) is 0.748. The highest BCUT2D eigenvalue weighted by molar-refractivity contribution is 9.10. The highest BCUT2D eigenvalue weighted by atomic mass is 79.9. The minimum absolute atomic E-state index is 0.0999. The lowest BCUT2D eigenvalue weighted by Gasteiger charge is -2.15. The molecule has 1 amide bonds. The van der Waals surface area contributed by atoms with E-state index in [1.807, 2.05) is 0 Å². The summed E-state index contributed by atoms with van der Waals surface area (Å²) in [5.41, 5.74) is -0.891. The van der Waals surface area contributed by atoms with Crippen molar-refractivity contribution >= 4 is 39.3 Å². The van der Waals surface area contributed by atoms with Gasteiger partial charge in [0.1, 0.15) is 11.9 Å². The van der Waals surface area contributed by atoms with Gasteiger partial charge < -0.3 is 5.32 Å². The van der Waals surface area contributed by atoms with Crippen LogP contribution in [0.4, 0.5) is 19.0 Å². The fourth-order valence-electron chi connectivity index (χ4n) is 2.42. The van der Waals surface area contributed by atoms with Crippen LogP contribution in [-0.2, 0) is 11.0 Å². The van der Waals surface area contributed by atoms with Crippen molar-refractivity contribution in [3.8, 4) is 0 Å². The molecule has 3 rings (SSSR count). The standard InChI is InChI=1S/C15H13BrClF3N4O/c1-7(14(25)22-10-5-4-9(16)6-21-10)24-12(8-2-3-8)11(17)13(23-24)15(18,19)20/h4-8H,2-3H2,1H3,(H,21,22,25). The van der Waals surface area contributed by atoms with E-state index < -0.39 is 28.8 Å². The van der Waals surface area contributed by atoms with Crippen LogP contribution in [0.25, 0.3) is 0 Å². The third kappa shape index (κ3) is 3.82. The van der Waals surface area contributed by atoms with Gasteiger partial charge >= 0.3 is 6.18 Å². The van der Waals surface area contributed by atoms with Gasteiger partial charge in [0.05, 0.1) is 10.7 Å². The zero-order chi connectivity index (χ0) is 18.4. The van der Waals surface area contributed by atoms with Crippen molar-refractivity contribution in [2.24, 2.45) is 0 Å². The van der Waals surface area contributed by atoms with E-state index in [1.54, 1.807) is 12.1 Å². The number of pyridine rings is 1. The summed E-state index contributed by atoms with van der Waals surface area (Å²) in [6, 6.07) is 2.30. The van der Waals surface area contributed by atoms with Crippen molar-refractivity contribution < 1.29 is 18.0 Å². The molecule has 1 saturated carbocycles. The number of hydrogen-bond acceptors (Lipinski definition) is 3. The van der Waals surface area contributed by atoms with Gasteiger partial charge in [-0.2, -0.15) is 18.3 Å². The molecular weight excluding hydrogens is 425 g/mol. The Bertz CT molecular complexity index is 802. The van der Waals surface area contributed by atoms with E-state index in [2.05, 4.69) is 31.3 Å². The lowest BCUT2D eigenvalue weighted by atomic mass is 10.2. The second-order valence-corrected chi connectivity index (χ2v) is 7.08. The van der Waals surface area contributed by atoms with Gasteiger partial charge in [-0.25, -0.2) is 4.98 Å². The number of amides is 1. The number of anilines is 1. The second kappa shape index (κ2) is 6.60. The van der Waals surface area contributed by atoms with Gasteiger partial charge in [-0.15, -0.1) is 0 Å². The molecule has 0 aliphatic heterocycles. The lowest BCUT2D eigenvalue weighted by Crippen LogP contribution is -2.26. The van der Waals surface area contributed by atoms with Gasteiger partial charge in [0.25, 0.3) is 0 Å². The molecule has 0 spiro atoms. The zero-order valence-corrected chi connectivity index (χ0v) is 15.3. The third-order valence-electron chi connectivity index (χ3n) is 3.84. The maximum Gasteiger partial charge on any atom is 0.436 e. The Morgan fingerprint density at radius 1 is 1.44 bits per heavy atom. The van der Waals surface area contributed by atoms with Gasteiger partial charge in [-0.3, -0.25) is 9.48 Å². The van der Waals surface area contributed by atoms with Crippen molar-refractivity contribution in [3.05, 3.63) is 39.2 Å². The molecule has 0 radical (unpaired) electrons. The number of aromatic nitrogens is 3. The first-order valence-electron chi connectivity index (χ1n) is 7.46. The van der Waals surface area contributed by atoms with E-state index in [0.29, 0.717) is 5.82 Å². The summed E-state index contributed by atoms with van der Waals surface area (Å²) >= 11 is 9.15. The number of carbonyl (C=O) groups is 1. The number of rotatable bonds is 4. The van der Waals surface area contributed by atoms with E-state index in [4.69, 9.17) is 11.6 Å². The van der Waals surface area contributed by atoms with Gasteiger partial charge in [0.15, 0.2) is 5.69 Å². The van der Waals surface area contributed by atoms with Crippen LogP contribution < -0.4 is 5.32 Å². The molecule has 1 fully saturated rings. The monoisotopic (exact) mass is 436 g/mol. The molecule has 2 aromatic heterocycles. The molecule has 1 aliphatic rings. The molecule has 10 heteroatoms. The molecule has 1 N–H and O–H groups in total. The SMILES string of the molecule is CC(C(=O)Nc1ccc(Br)cn1)n1nc(C(F)(F)F)c(Cl)c1C1CC1. The molecule has 0 bridgehead atoms. The van der Waals surface area contributed by atoms with Crippen LogP contribution in [0.5, 0.6) is 0 Å². The van der Waals surface area contributed by atoms with Gasteiger partial charge in [-0.1, -0.05) is 11.6 Å². The maximum atomic E-state index is 13.1. The summed E-state index contributed by atoms with van der Waals surface area (Å²) in [4.78, 5) is 16.4. The summed E-state index contributed by atoms with van der Waals surface area (Å²) in [7, 11) is 0. The molecular formula is C15H13BrClF3N4O. The van der Waals surface area contributed by atoms with Gasteiger partial charge in [-0.05, 0) is 47.8 Å². The molecule has 25 heavy (non-hydrogen) atoms. The van der Waals surface area contributed by atoms with Crippen LogP contribution >= 0.6 is 27.5 Å². The van der Waals surface area contributed by atoms with Crippen molar-refractivity contribution in [2.45, 2.75) is 37.9 Å². The van der Waals surface area contributed by atoms with E-state index in [9.17, 15) is 18.0 Å². The van der Waals surface area contributed by atoms with Crippen molar-refractivity contribution in [1.29, 1.82) is 0 Å². The van der Waals surface area contributed by atoms with E-state index in [-0.39, 0.29) is 11.6 Å². The highest BCUT2D eigenvalue weighted by Gasteiger charge is 2.43. The van der Waals surface area contributed by atoms with Crippen LogP contribution in [0, 0.1) is 0 Å². The van der Waals surface area contributed by atoms with Gasteiger partial charge in [0, 0.05) is 16.6 Å². The number of nitrogens with one attached hydrogen (secondary N) is 1. The number of halogens is 5. The molecule has 2 heterocycles. The number of hydrogen-bond donors (Lipinski definition) is 1. The second-order valence-electron chi connectivity index (χ2n) is 5.79. The average molecular weight is 438 g/mol. The lowest BCUT2D eigenvalue weighted by molar-refractivity contribution is -0.141. The molecule has 0 aromatic carbocycles. The smallest absolute Gasteiger partial charge is 0.309 e. The van der Waals surface area contributed by atoms with Crippen molar-refractivity contribution in [1.82, 2.24) is 14.8 Å². The van der Waals surface area contributed by atoms with Crippen LogP contribution in [0.1, 0.15) is 43.1 Å². The van der Waals surface area contributed by atoms with E-state index in [1.165, 1.54) is 13.1 Å². The predicted molar refractivity (Wildman–Crippen MR) is 89.5 cm³/mol. The summed E-state index contributed by atoms with van der Waals surface area (Å²) in [5.74, 6) is -0.330. The minimum atomic E-state index is -4.67. The summed E-state index contributed by atoms with van der Waals surface area (Å²) in [6.45, 7) is 1.48. The summed E-state index contributed by atoms with van der Waals surface area (Å²) in [6.07, 6.45) is -1.71. The van der Waals surface area contributed by atoms with Gasteiger partial charge in [0.2, 0.25) is 5.91 Å². The Morgan fingerprint density at radius 3 is 2.64 bits per heavy atom. The van der Waals surface area contributed by atoms with E-state index in [0.717, 1.165) is 22.0 Å². The number of nitrogens with zero attached hydrogens (tertiary/aromatic N) is 3. The molecule has 2 aromatic rings. The summed E-state index contributed by atoms with van der Waals surface area (Å²) < 4.78 is 41.1. The van der Waals surface area contributed by atoms with Crippen LogP contribution in [0.3, 0.4) is 0 Å². The Kier molecular flexibility index (Phi) is 4.80. The first-order chi connectivity index (χ1) is 11.7. The number of carbonyl (C=O) groups excluding carboxylic acids is 1. The van der Waals surface area contributed by atoms with E-state index >= 15 is 0 Å². The highest BCUT2D eigenvalue weighted by Crippen LogP contribution is 2.47. The Morgan fingerprint density at radius 2 is 2.12 bits per heavy atom. The molecule has 0 saturated heterocycles. The van der Waals surface area contributed by atoms with Crippen LogP contribution in [-0.4, -0.2) is 20.7 Å². The van der Waals surface area contributed by atoms with Crippen LogP contribution in [0.15, 0.2) is 22.8 Å². The minimum Gasteiger partial charge on any atom is -0.309 e. The topological polar surface area (TPSA) is 59.8 Å². The fraction of sp³-hybridized carbons (Fsp3) is 0.400. The normalized spacial score (nSPS) is 15.9. The predicted octanol–water partition coefficient (Wildman–Crippen LogP) is 4.79. The fourth-order valence-corrected chi connectivity index (χ4v) is 3.04. The molecule has 5 nitrogen and oxygen atoms in total. The Balaban J connectivity index is 1.89. The molecule has 134 valence electrons. The average Bonchev–Trinajstić information content (AvgIpc) is 3.30. The largest absolute Gasteiger partial charge is 0.436 e. The molecule has 1 unspecified atom stereocenters. The third-order valence-corrected chi connectivity index (χ3v) is 4.69. The molecule has 1 atom stereocenters. The van der Waals surface area contributed by atoms with Crippen molar-refractivity contribution in [3.63, 3.8) is 0 Å². The first kappa shape index (κ1) is 18.2. The Hall–Kier alpha value is -1.61. The first-order valence-corrected chi connectivity index (χ1v) is 8.63. The number of alkyl halides is 3.